The molecule has 138 heavy (non-hydrogen) atoms. The summed E-state index contributed by atoms with van der Waals surface area (Å²) in [5.41, 5.74) is 19.4. The van der Waals surface area contributed by atoms with Gasteiger partial charge in [-0.25, -0.2) is 0 Å². The molecule has 12 heteroatoms. The van der Waals surface area contributed by atoms with E-state index in [1.165, 1.54) is 62.5 Å². The topological polar surface area (TPSA) is 55.6 Å². The first-order chi connectivity index (χ1) is 68.5. The molecule has 656 valence electrons. The van der Waals surface area contributed by atoms with Crippen LogP contribution in [-0.4, -0.2) is 9.13 Å². The Hall–Kier alpha value is -17.9. The van der Waals surface area contributed by atoms with Crippen LogP contribution < -0.4 is 29.4 Å². The van der Waals surface area contributed by atoms with Crippen molar-refractivity contribution in [3.05, 3.63) is 534 Å². The predicted molar refractivity (Wildman–Crippen MR) is 584 cm³/mol. The maximum Gasteiger partial charge on any atom is 0.205 e. The summed E-state index contributed by atoms with van der Waals surface area (Å²) in [5.74, 6) is 3.67. The molecule has 10 nitrogen and oxygen atoms in total. The smallest absolute Gasteiger partial charge is 0.205 e. The van der Waals surface area contributed by atoms with E-state index in [4.69, 9.17) is 8.83 Å². The Morgan fingerprint density at radius 1 is 0.167 bits per heavy atom. The molecule has 0 atom stereocenters. The first-order valence-electron chi connectivity index (χ1n) is 46.4. The fourth-order valence-corrected chi connectivity index (χ4v) is 21.7. The second-order valence-electron chi connectivity index (χ2n) is 33.9. The van der Waals surface area contributed by atoms with Crippen molar-refractivity contribution in [2.75, 3.05) is 29.4 Å². The van der Waals surface area contributed by atoms with Gasteiger partial charge < -0.3 is 18.6 Å². The molecular weight excluding hydrogens is 1720 g/mol. The highest BCUT2D eigenvalue weighted by Crippen LogP contribution is 2.52. The number of fused-ring (bicyclic) bond motifs is 15. The Morgan fingerprint density at radius 3 is 0.645 bits per heavy atom. The van der Waals surface area contributed by atoms with Crippen LogP contribution >= 0.6 is 22.7 Å². The molecule has 0 aliphatic heterocycles. The highest BCUT2D eigenvalue weighted by molar-refractivity contribution is 7.23. The van der Waals surface area contributed by atoms with Gasteiger partial charge in [0.15, 0.2) is 0 Å². The van der Waals surface area contributed by atoms with Gasteiger partial charge in [0.1, 0.15) is 32.8 Å². The van der Waals surface area contributed by atoms with Gasteiger partial charge in [0.25, 0.3) is 0 Å². The average Bonchev–Trinajstić information content (AvgIpc) is 1.55. The van der Waals surface area contributed by atoms with Crippen LogP contribution in [0.15, 0.2) is 543 Å². The molecule has 6 aromatic heterocycles. The van der Waals surface area contributed by atoms with Gasteiger partial charge in [0.05, 0.1) is 11.0 Å². The van der Waals surface area contributed by atoms with E-state index in [1.807, 2.05) is 95.5 Å². The molecule has 0 bridgehead atoms. The van der Waals surface area contributed by atoms with Gasteiger partial charge in [-0.05, 0) is 252 Å². The van der Waals surface area contributed by atoms with E-state index in [0.29, 0.717) is 0 Å². The van der Waals surface area contributed by atoms with Gasteiger partial charge in [-0.1, -0.05) is 291 Å². The normalized spacial score (nSPS) is 11.3. The van der Waals surface area contributed by atoms with Crippen LogP contribution in [0, 0.1) is 0 Å². The lowest BCUT2D eigenvalue weighted by Crippen LogP contribution is -2.14. The number of hydrogen-bond acceptors (Lipinski definition) is 10. The van der Waals surface area contributed by atoms with Gasteiger partial charge >= 0.3 is 0 Å². The number of aromatic nitrogens is 2. The monoisotopic (exact) mass is 1810 g/mol. The molecule has 0 unspecified atom stereocenters. The van der Waals surface area contributed by atoms with Crippen LogP contribution in [-0.2, 0) is 0 Å². The largest absolute Gasteiger partial charge is 0.440 e. The van der Waals surface area contributed by atoms with Gasteiger partial charge in [-0.3, -0.25) is 28.7 Å². The van der Waals surface area contributed by atoms with Gasteiger partial charge in [-0.2, -0.15) is 0 Å². The van der Waals surface area contributed by atoms with Crippen molar-refractivity contribution < 1.29 is 8.83 Å². The van der Waals surface area contributed by atoms with Gasteiger partial charge in [0.2, 0.25) is 11.8 Å². The Labute approximate surface area is 807 Å². The fourth-order valence-electron chi connectivity index (χ4n) is 19.4. The zero-order valence-corrected chi connectivity index (χ0v) is 76.7. The Bertz CT molecular complexity index is 7680. The number of anilines is 18. The molecule has 0 aliphatic rings. The average molecular weight is 1810 g/mol. The number of nitrogens with zero attached hydrogens (tertiary/aromatic N) is 8. The van der Waals surface area contributed by atoms with Crippen molar-refractivity contribution in [2.24, 2.45) is 0 Å². The van der Waals surface area contributed by atoms with E-state index >= 15 is 0 Å². The summed E-state index contributed by atoms with van der Waals surface area (Å²) in [4.78, 5) is 13.7. The standard InChI is InChI=1S/C50H36N4.C38H26N2O2.C38H26N2S2/c1-7-19-39(20-8-1)51(40-21-9-2-10-22-40)47-35-37-31-33-46-45(49(37)53(47)43-27-15-5-16-28-43)34-32-38-36-48(54(50(38)46)44-29-17-6-18-30-44)52(41-23-11-3-12-24-41)42-25-13-4-14-26-42;2*1-5-13-27(14-6-1)39(28-15-7-2-8-16-28)37-25-33-31-22-24-36-34(32(31)21-23-35(33)41-37)26-38(42-36)40(29-17-9-3-10-18-29)30-19-11-4-12-20-30/h1-36H;2*1-26H. The summed E-state index contributed by atoms with van der Waals surface area (Å²) in [6.45, 7) is 0. The lowest BCUT2D eigenvalue weighted by molar-refractivity contribution is 0.620. The molecule has 0 fully saturated rings. The van der Waals surface area contributed by atoms with Crippen molar-refractivity contribution in [1.29, 1.82) is 0 Å². The molecule has 6 heterocycles. The zero-order chi connectivity index (χ0) is 91.6. The minimum atomic E-state index is 0.766. The van der Waals surface area contributed by atoms with E-state index in [-0.39, 0.29) is 0 Å². The molecule has 26 rings (SSSR count). The van der Waals surface area contributed by atoms with Gasteiger partial charge in [-0.15, -0.1) is 22.7 Å². The molecule has 0 N–H and O–H groups in total. The molecule has 0 saturated heterocycles. The second-order valence-corrected chi connectivity index (χ2v) is 36.1. The van der Waals surface area contributed by atoms with Crippen LogP contribution in [0.25, 0.3) is 108 Å². The van der Waals surface area contributed by atoms with Crippen molar-refractivity contribution in [3.8, 4) is 11.4 Å². The van der Waals surface area contributed by atoms with E-state index < -0.39 is 0 Å². The minimum absolute atomic E-state index is 0.766. The van der Waals surface area contributed by atoms with Crippen molar-refractivity contribution in [3.63, 3.8) is 0 Å². The minimum Gasteiger partial charge on any atom is -0.440 e. The van der Waals surface area contributed by atoms with Crippen molar-refractivity contribution in [2.45, 2.75) is 0 Å². The highest BCUT2D eigenvalue weighted by atomic mass is 32.1. The van der Waals surface area contributed by atoms with E-state index in [1.54, 1.807) is 0 Å². The van der Waals surface area contributed by atoms with Crippen LogP contribution in [0.5, 0.6) is 0 Å². The molecule has 0 radical (unpaired) electrons. The maximum absolute atomic E-state index is 6.51. The molecule has 0 saturated carbocycles. The van der Waals surface area contributed by atoms with Crippen LogP contribution in [0.4, 0.5) is 102 Å². The van der Waals surface area contributed by atoms with Crippen molar-refractivity contribution >= 4 is 221 Å². The number of para-hydroxylation sites is 14. The number of benzene rings is 20. The molecule has 0 aliphatic carbocycles. The highest BCUT2D eigenvalue weighted by Gasteiger charge is 2.29. The van der Waals surface area contributed by atoms with E-state index in [9.17, 15) is 0 Å². The molecule has 0 spiro atoms. The lowest BCUT2D eigenvalue weighted by atomic mass is 10.0. The molecule has 20 aromatic carbocycles. The Kier molecular flexibility index (Phi) is 22.2. The second kappa shape index (κ2) is 36.9. The number of furan rings is 2. The zero-order valence-electron chi connectivity index (χ0n) is 75.0. The predicted octanol–water partition coefficient (Wildman–Crippen LogP) is 37.1. The Balaban J connectivity index is 0.000000114. The molecule has 0 amide bonds. The molecular formula is C126H88N8O2S2. The fraction of sp³-hybridized carbons (Fsp3) is 0. The molecule has 26 aromatic rings. The van der Waals surface area contributed by atoms with E-state index in [0.717, 1.165) is 147 Å². The lowest BCUT2D eigenvalue weighted by Gasteiger charge is -2.27. The number of thiophene rings is 2. The summed E-state index contributed by atoms with van der Waals surface area (Å²) < 4.78 is 20.5. The van der Waals surface area contributed by atoms with Crippen LogP contribution in [0.3, 0.4) is 0 Å². The number of hydrogen-bond donors (Lipinski definition) is 0. The Morgan fingerprint density at radius 2 is 0.384 bits per heavy atom. The van der Waals surface area contributed by atoms with Crippen LogP contribution in [0.1, 0.15) is 0 Å². The summed E-state index contributed by atoms with van der Waals surface area (Å²) in [6.07, 6.45) is 0. The summed E-state index contributed by atoms with van der Waals surface area (Å²) in [5, 5.41) is 16.7. The third-order valence-corrected chi connectivity index (χ3v) is 27.7. The maximum atomic E-state index is 6.51. The third-order valence-electron chi connectivity index (χ3n) is 25.6. The first kappa shape index (κ1) is 83.2. The quantitative estimate of drug-likeness (QED) is 0.0748. The number of rotatable bonds is 20. The van der Waals surface area contributed by atoms with Crippen molar-refractivity contribution in [1.82, 2.24) is 9.13 Å². The van der Waals surface area contributed by atoms with Gasteiger partial charge in [0, 0.05) is 144 Å². The summed E-state index contributed by atoms with van der Waals surface area (Å²) in [6, 6.07) is 188. The SMILES string of the molecule is c1ccc(N(c2ccccc2)c2cc3c(ccc4c5cc(N(c6ccccc6)c6ccccc6)oc5ccc34)o2)cc1.c1ccc(N(c2ccccc2)c2cc3c(ccc4c5cc(N(c6ccccc6)c6ccccc6)sc5ccc34)s2)cc1.c1ccc(N(c2ccccc2)c2cc3ccc4c(ccc5cc(N(c6ccccc6)c6ccccc6)n(-c6ccccc6)c54)c3n2-c2ccccc2)cc1. The van der Waals surface area contributed by atoms with E-state index in [2.05, 4.69) is 500 Å². The third kappa shape index (κ3) is 15.8. The summed E-state index contributed by atoms with van der Waals surface area (Å²) >= 11 is 3.68. The summed E-state index contributed by atoms with van der Waals surface area (Å²) in [7, 11) is 0. The first-order valence-corrected chi connectivity index (χ1v) is 48.1. The van der Waals surface area contributed by atoms with Crippen LogP contribution in [0.2, 0.25) is 0 Å².